The van der Waals surface area contributed by atoms with Gasteiger partial charge in [-0.05, 0) is 85.2 Å². The fourth-order valence-electron chi connectivity index (χ4n) is 3.96. The van der Waals surface area contributed by atoms with E-state index in [1.165, 1.54) is 41.7 Å². The molecule has 1 aromatic heterocycles. The Morgan fingerprint density at radius 2 is 1.85 bits per heavy atom. The molecule has 10 heteroatoms. The number of halogens is 3. The van der Waals surface area contributed by atoms with Crippen LogP contribution in [0.4, 0.5) is 24.5 Å². The molecule has 2 heterocycles. The van der Waals surface area contributed by atoms with Crippen molar-refractivity contribution >= 4 is 38.6 Å². The van der Waals surface area contributed by atoms with Crippen molar-refractivity contribution in [1.82, 2.24) is 0 Å². The Labute approximate surface area is 200 Å². The lowest BCUT2D eigenvalue weighted by Gasteiger charge is -2.31. The highest BCUT2D eigenvalue weighted by molar-refractivity contribution is 7.92. The third kappa shape index (κ3) is 4.83. The van der Waals surface area contributed by atoms with Gasteiger partial charge in [0, 0.05) is 12.2 Å². The number of hydrogen-bond donors (Lipinski definition) is 0. The summed E-state index contributed by atoms with van der Waals surface area (Å²) >= 11 is 1.31. The fourth-order valence-corrected chi connectivity index (χ4v) is 6.16. The first kappa shape index (κ1) is 24.3. The molecule has 0 bridgehead atoms. The maximum absolute atomic E-state index is 13.5. The SMILES string of the molecule is Cc1ccc(S(=O)(=O)N(CC(F)(F)F)c2ccc3c(c2)CCCN3C(=O)c2cccs2)cc1C. The van der Waals surface area contributed by atoms with Crippen molar-refractivity contribution in [3.05, 3.63) is 75.5 Å². The molecule has 0 aliphatic carbocycles. The van der Waals surface area contributed by atoms with E-state index < -0.39 is 22.7 Å². The van der Waals surface area contributed by atoms with Gasteiger partial charge < -0.3 is 4.90 Å². The Morgan fingerprint density at radius 3 is 2.50 bits per heavy atom. The van der Waals surface area contributed by atoms with Crippen LogP contribution in [0, 0.1) is 13.8 Å². The van der Waals surface area contributed by atoms with Crippen molar-refractivity contribution in [2.24, 2.45) is 0 Å². The highest BCUT2D eigenvalue weighted by Crippen LogP contribution is 2.35. The predicted octanol–water partition coefficient (Wildman–Crippen LogP) is 5.72. The molecule has 5 nitrogen and oxygen atoms in total. The van der Waals surface area contributed by atoms with Crippen LogP contribution in [0.25, 0.3) is 0 Å². The second-order valence-electron chi connectivity index (χ2n) is 8.22. The van der Waals surface area contributed by atoms with Crippen LogP contribution in [0.15, 0.2) is 58.8 Å². The minimum Gasteiger partial charge on any atom is -0.307 e. The Hall–Kier alpha value is -2.85. The van der Waals surface area contributed by atoms with Gasteiger partial charge in [-0.2, -0.15) is 13.2 Å². The van der Waals surface area contributed by atoms with E-state index in [4.69, 9.17) is 0 Å². The number of fused-ring (bicyclic) bond motifs is 1. The molecule has 1 amide bonds. The molecule has 0 saturated heterocycles. The second-order valence-corrected chi connectivity index (χ2v) is 11.0. The fraction of sp³-hybridized carbons (Fsp3) is 0.292. The van der Waals surface area contributed by atoms with E-state index in [2.05, 4.69) is 0 Å². The Balaban J connectivity index is 1.76. The van der Waals surface area contributed by atoms with Gasteiger partial charge in [-0.1, -0.05) is 12.1 Å². The summed E-state index contributed by atoms with van der Waals surface area (Å²) in [5.41, 5.74) is 2.64. The van der Waals surface area contributed by atoms with E-state index in [1.54, 1.807) is 42.3 Å². The van der Waals surface area contributed by atoms with E-state index >= 15 is 0 Å². The van der Waals surface area contributed by atoms with Gasteiger partial charge in [-0.15, -0.1) is 11.3 Å². The normalized spacial score (nSPS) is 14.1. The minimum atomic E-state index is -4.75. The molecule has 4 rings (SSSR count). The Bertz CT molecular complexity index is 1320. The molecule has 1 aliphatic rings. The average Bonchev–Trinajstić information content (AvgIpc) is 3.32. The van der Waals surface area contributed by atoms with Crippen LogP contribution < -0.4 is 9.21 Å². The minimum absolute atomic E-state index is 0.0836. The topological polar surface area (TPSA) is 57.7 Å². The van der Waals surface area contributed by atoms with Gasteiger partial charge in [0.25, 0.3) is 15.9 Å². The first-order valence-electron chi connectivity index (χ1n) is 10.6. The number of aryl methyl sites for hydroxylation is 3. The van der Waals surface area contributed by atoms with E-state index in [1.807, 2.05) is 0 Å². The van der Waals surface area contributed by atoms with Crippen LogP contribution in [0.2, 0.25) is 0 Å². The summed E-state index contributed by atoms with van der Waals surface area (Å²) in [4.78, 5) is 14.9. The molecule has 0 spiro atoms. The standard InChI is InChI=1S/C24H23F3N2O3S2/c1-16-7-9-20(13-17(16)2)34(31,32)29(15-24(25,26)27)19-8-10-21-18(14-19)5-3-11-28(21)23(30)22-6-4-12-33-22/h4,6-10,12-14H,3,5,11,15H2,1-2H3. The highest BCUT2D eigenvalue weighted by Gasteiger charge is 2.38. The Morgan fingerprint density at radius 1 is 1.09 bits per heavy atom. The number of anilines is 2. The summed E-state index contributed by atoms with van der Waals surface area (Å²) in [6.45, 7) is 2.33. The number of carbonyl (C=O) groups excluding carboxylic acids is 1. The van der Waals surface area contributed by atoms with Gasteiger partial charge in [0.1, 0.15) is 6.54 Å². The zero-order chi connectivity index (χ0) is 24.7. The average molecular weight is 509 g/mol. The molecular formula is C24H23F3N2O3S2. The molecule has 1 aliphatic heterocycles. The van der Waals surface area contributed by atoms with E-state index in [-0.39, 0.29) is 16.5 Å². The molecule has 3 aromatic rings. The lowest BCUT2D eigenvalue weighted by molar-refractivity contribution is -0.117. The summed E-state index contributed by atoms with van der Waals surface area (Å²) in [6.07, 6.45) is -3.60. The second kappa shape index (κ2) is 9.07. The Kier molecular flexibility index (Phi) is 6.48. The van der Waals surface area contributed by atoms with Gasteiger partial charge in [0.2, 0.25) is 0 Å². The van der Waals surface area contributed by atoms with Crippen LogP contribution in [0.1, 0.15) is 32.8 Å². The summed E-state index contributed by atoms with van der Waals surface area (Å²) in [6, 6.07) is 12.1. The number of rotatable bonds is 5. The molecule has 0 unspecified atom stereocenters. The van der Waals surface area contributed by atoms with E-state index in [0.29, 0.717) is 45.4 Å². The van der Waals surface area contributed by atoms with Crippen LogP contribution >= 0.6 is 11.3 Å². The molecule has 0 atom stereocenters. The van der Waals surface area contributed by atoms with E-state index in [0.717, 1.165) is 5.56 Å². The number of hydrogen-bond acceptors (Lipinski definition) is 4. The third-order valence-electron chi connectivity index (χ3n) is 5.84. The molecule has 34 heavy (non-hydrogen) atoms. The lowest BCUT2D eigenvalue weighted by atomic mass is 10.0. The van der Waals surface area contributed by atoms with Crippen molar-refractivity contribution in [2.75, 3.05) is 22.3 Å². The maximum Gasteiger partial charge on any atom is 0.407 e. The van der Waals surface area contributed by atoms with Crippen LogP contribution in [-0.4, -0.2) is 33.6 Å². The van der Waals surface area contributed by atoms with Crippen LogP contribution in [0.3, 0.4) is 0 Å². The largest absolute Gasteiger partial charge is 0.407 e. The zero-order valence-electron chi connectivity index (χ0n) is 18.6. The van der Waals surface area contributed by atoms with Crippen molar-refractivity contribution in [2.45, 2.75) is 37.8 Å². The summed E-state index contributed by atoms with van der Waals surface area (Å²) in [7, 11) is -4.48. The van der Waals surface area contributed by atoms with Gasteiger partial charge in [0.15, 0.2) is 0 Å². The number of nitrogens with zero attached hydrogens (tertiary/aromatic N) is 2. The third-order valence-corrected chi connectivity index (χ3v) is 8.46. The van der Waals surface area contributed by atoms with Crippen molar-refractivity contribution in [3.8, 4) is 0 Å². The predicted molar refractivity (Wildman–Crippen MR) is 127 cm³/mol. The quantitative estimate of drug-likeness (QED) is 0.443. The molecule has 180 valence electrons. The smallest absolute Gasteiger partial charge is 0.307 e. The molecule has 0 N–H and O–H groups in total. The summed E-state index contributed by atoms with van der Waals surface area (Å²) in [5, 5.41) is 1.80. The van der Waals surface area contributed by atoms with Gasteiger partial charge >= 0.3 is 6.18 Å². The number of amides is 1. The molecular weight excluding hydrogens is 485 g/mol. The highest BCUT2D eigenvalue weighted by atomic mass is 32.2. The number of benzene rings is 2. The van der Waals surface area contributed by atoms with Gasteiger partial charge in [-0.25, -0.2) is 8.42 Å². The molecule has 0 fully saturated rings. The van der Waals surface area contributed by atoms with Gasteiger partial charge in [-0.3, -0.25) is 9.10 Å². The number of sulfonamides is 1. The summed E-state index contributed by atoms with van der Waals surface area (Å²) < 4.78 is 67.5. The first-order valence-corrected chi connectivity index (χ1v) is 12.9. The van der Waals surface area contributed by atoms with Crippen molar-refractivity contribution < 1.29 is 26.4 Å². The monoisotopic (exact) mass is 508 g/mol. The van der Waals surface area contributed by atoms with Crippen molar-refractivity contribution in [3.63, 3.8) is 0 Å². The molecule has 2 aromatic carbocycles. The van der Waals surface area contributed by atoms with Gasteiger partial charge in [0.05, 0.1) is 15.5 Å². The number of alkyl halides is 3. The number of thiophene rings is 1. The molecule has 0 radical (unpaired) electrons. The van der Waals surface area contributed by atoms with E-state index in [9.17, 15) is 26.4 Å². The number of carbonyl (C=O) groups is 1. The lowest BCUT2D eigenvalue weighted by Crippen LogP contribution is -2.39. The zero-order valence-corrected chi connectivity index (χ0v) is 20.2. The van der Waals surface area contributed by atoms with Crippen LogP contribution in [0.5, 0.6) is 0 Å². The van der Waals surface area contributed by atoms with Crippen molar-refractivity contribution in [1.29, 1.82) is 0 Å². The van der Waals surface area contributed by atoms with Crippen LogP contribution in [-0.2, 0) is 16.4 Å². The summed E-state index contributed by atoms with van der Waals surface area (Å²) in [5.74, 6) is -0.182. The first-order chi connectivity index (χ1) is 16.0. The maximum atomic E-state index is 13.5. The molecule has 0 saturated carbocycles.